The minimum atomic E-state index is -0.745. The molecule has 1 aromatic carbocycles. The van der Waals surface area contributed by atoms with Crippen LogP contribution in [0.5, 0.6) is 0 Å². The van der Waals surface area contributed by atoms with Crippen LogP contribution in [0.25, 0.3) is 0 Å². The molecule has 126 valence electrons. The third kappa shape index (κ3) is 5.18. The number of aromatic nitrogens is 1. The Kier molecular flexibility index (Phi) is 6.52. The van der Waals surface area contributed by atoms with E-state index in [-0.39, 0.29) is 28.1 Å². The number of amides is 1. The third-order valence-electron chi connectivity index (χ3n) is 3.04. The van der Waals surface area contributed by atoms with Crippen LogP contribution in [0.4, 0.5) is 4.39 Å². The Labute approximate surface area is 147 Å². The zero-order chi connectivity index (χ0) is 17.5. The van der Waals surface area contributed by atoms with E-state index in [4.69, 9.17) is 27.9 Å². The fourth-order valence-corrected chi connectivity index (χ4v) is 2.11. The molecule has 1 aromatic heterocycles. The molecule has 24 heavy (non-hydrogen) atoms. The predicted octanol–water partition coefficient (Wildman–Crippen LogP) is 3.04. The molecule has 0 aliphatic rings. The predicted molar refractivity (Wildman–Crippen MR) is 87.7 cm³/mol. The molecule has 0 spiro atoms. The number of rotatable bonds is 6. The van der Waals surface area contributed by atoms with Gasteiger partial charge in [-0.3, -0.25) is 4.79 Å². The molecular weight excluding hydrogens is 358 g/mol. The first-order valence-corrected chi connectivity index (χ1v) is 7.71. The summed E-state index contributed by atoms with van der Waals surface area (Å²) < 4.78 is 18.3. The largest absolute Gasteiger partial charge is 0.452 e. The smallest absolute Gasteiger partial charge is 0.340 e. The number of carbonyl (C=O) groups excluding carboxylic acids is 2. The van der Waals surface area contributed by atoms with Crippen molar-refractivity contribution >= 4 is 35.1 Å². The third-order valence-corrected chi connectivity index (χ3v) is 3.73. The maximum Gasteiger partial charge on any atom is 0.340 e. The highest BCUT2D eigenvalue weighted by Crippen LogP contribution is 2.20. The fourth-order valence-electron chi connectivity index (χ4n) is 1.84. The van der Waals surface area contributed by atoms with Crippen molar-refractivity contribution in [1.82, 2.24) is 10.3 Å². The molecule has 1 amide bonds. The first-order valence-electron chi connectivity index (χ1n) is 6.95. The maximum absolute atomic E-state index is 13.4. The lowest BCUT2D eigenvalue weighted by Crippen LogP contribution is -2.30. The molecule has 1 heterocycles. The van der Waals surface area contributed by atoms with E-state index in [1.165, 1.54) is 18.3 Å². The van der Waals surface area contributed by atoms with Crippen LogP contribution in [0.1, 0.15) is 15.9 Å². The van der Waals surface area contributed by atoms with Crippen LogP contribution in [0.3, 0.4) is 0 Å². The summed E-state index contributed by atoms with van der Waals surface area (Å²) in [5.74, 6) is -1.57. The summed E-state index contributed by atoms with van der Waals surface area (Å²) in [6.07, 6.45) is 1.54. The normalized spacial score (nSPS) is 10.3. The van der Waals surface area contributed by atoms with Crippen LogP contribution in [0.2, 0.25) is 10.2 Å². The van der Waals surface area contributed by atoms with Gasteiger partial charge in [-0.05, 0) is 24.1 Å². The average Bonchev–Trinajstić information content (AvgIpc) is 2.57. The summed E-state index contributed by atoms with van der Waals surface area (Å²) in [5.41, 5.74) is 0.584. The van der Waals surface area contributed by atoms with E-state index in [1.54, 1.807) is 18.2 Å². The summed E-state index contributed by atoms with van der Waals surface area (Å²) in [6, 6.07) is 7.60. The van der Waals surface area contributed by atoms with Gasteiger partial charge in [-0.2, -0.15) is 0 Å². The van der Waals surface area contributed by atoms with Crippen molar-refractivity contribution in [2.24, 2.45) is 0 Å². The van der Waals surface area contributed by atoms with Crippen molar-refractivity contribution in [3.63, 3.8) is 0 Å². The number of benzene rings is 1. The SMILES string of the molecule is O=C(COC(=O)c1cnc(Cl)c(Cl)c1)NCCc1ccccc1F. The molecule has 5 nitrogen and oxygen atoms in total. The number of nitrogens with zero attached hydrogens (tertiary/aromatic N) is 1. The van der Waals surface area contributed by atoms with E-state index in [0.29, 0.717) is 12.0 Å². The van der Waals surface area contributed by atoms with Gasteiger partial charge in [0.05, 0.1) is 10.6 Å². The lowest BCUT2D eigenvalue weighted by atomic mass is 10.1. The summed E-state index contributed by atoms with van der Waals surface area (Å²) in [5, 5.41) is 2.72. The second kappa shape index (κ2) is 8.61. The van der Waals surface area contributed by atoms with Gasteiger partial charge >= 0.3 is 5.97 Å². The minimum absolute atomic E-state index is 0.0686. The Hall–Kier alpha value is -2.18. The second-order valence-electron chi connectivity index (χ2n) is 4.76. The van der Waals surface area contributed by atoms with Crippen LogP contribution >= 0.6 is 23.2 Å². The Balaban J connectivity index is 1.75. The number of nitrogens with one attached hydrogen (secondary N) is 1. The van der Waals surface area contributed by atoms with Gasteiger partial charge in [0.25, 0.3) is 5.91 Å². The highest BCUT2D eigenvalue weighted by atomic mass is 35.5. The molecule has 1 N–H and O–H groups in total. The van der Waals surface area contributed by atoms with Gasteiger partial charge in [-0.1, -0.05) is 41.4 Å². The minimum Gasteiger partial charge on any atom is -0.452 e. The fraction of sp³-hybridized carbons (Fsp3) is 0.188. The molecular formula is C16H13Cl2FN2O3. The van der Waals surface area contributed by atoms with Crippen molar-refractivity contribution in [3.8, 4) is 0 Å². The first-order chi connectivity index (χ1) is 11.5. The number of halogens is 3. The summed E-state index contributed by atoms with van der Waals surface area (Å²) in [6.45, 7) is -0.234. The molecule has 0 aliphatic heterocycles. The molecule has 0 fully saturated rings. The lowest BCUT2D eigenvalue weighted by molar-refractivity contribution is -0.124. The van der Waals surface area contributed by atoms with Crippen LogP contribution in [0, 0.1) is 5.82 Å². The van der Waals surface area contributed by atoms with E-state index in [0.717, 1.165) is 0 Å². The topological polar surface area (TPSA) is 68.3 Å². The molecule has 0 saturated carbocycles. The molecule has 0 saturated heterocycles. The van der Waals surface area contributed by atoms with Crippen molar-refractivity contribution in [1.29, 1.82) is 0 Å². The van der Waals surface area contributed by atoms with Gasteiger partial charge in [-0.15, -0.1) is 0 Å². The number of carbonyl (C=O) groups is 2. The molecule has 0 aliphatic carbocycles. The van der Waals surface area contributed by atoms with Crippen LogP contribution in [-0.4, -0.2) is 30.0 Å². The van der Waals surface area contributed by atoms with Crippen molar-refractivity contribution in [2.45, 2.75) is 6.42 Å². The van der Waals surface area contributed by atoms with E-state index in [9.17, 15) is 14.0 Å². The quantitative estimate of drug-likeness (QED) is 0.626. The Bertz CT molecular complexity index is 756. The first kappa shape index (κ1) is 18.2. The molecule has 0 unspecified atom stereocenters. The van der Waals surface area contributed by atoms with Crippen molar-refractivity contribution in [2.75, 3.05) is 13.2 Å². The van der Waals surface area contributed by atoms with Gasteiger partial charge in [0.1, 0.15) is 11.0 Å². The average molecular weight is 371 g/mol. The van der Waals surface area contributed by atoms with Crippen LogP contribution < -0.4 is 5.32 Å². The lowest BCUT2D eigenvalue weighted by Gasteiger charge is -2.07. The van der Waals surface area contributed by atoms with Crippen molar-refractivity contribution < 1.29 is 18.7 Å². The summed E-state index contributed by atoms with van der Waals surface area (Å²) in [7, 11) is 0. The van der Waals surface area contributed by atoms with E-state index in [1.807, 2.05) is 0 Å². The number of ether oxygens (including phenoxy) is 1. The molecule has 0 bridgehead atoms. The summed E-state index contributed by atoms with van der Waals surface area (Å²) >= 11 is 11.4. The van der Waals surface area contributed by atoms with Gasteiger partial charge in [-0.25, -0.2) is 14.2 Å². The van der Waals surface area contributed by atoms with E-state index in [2.05, 4.69) is 10.3 Å². The number of pyridine rings is 1. The molecule has 0 radical (unpaired) electrons. The van der Waals surface area contributed by atoms with Crippen molar-refractivity contribution in [3.05, 3.63) is 63.6 Å². The van der Waals surface area contributed by atoms with Crippen LogP contribution in [0.15, 0.2) is 36.5 Å². The number of hydrogen-bond acceptors (Lipinski definition) is 4. The zero-order valence-electron chi connectivity index (χ0n) is 12.4. The monoisotopic (exact) mass is 370 g/mol. The number of esters is 1. The van der Waals surface area contributed by atoms with Gasteiger partial charge in [0.15, 0.2) is 6.61 Å². The number of hydrogen-bond donors (Lipinski definition) is 1. The maximum atomic E-state index is 13.4. The second-order valence-corrected chi connectivity index (χ2v) is 5.53. The Morgan fingerprint density at radius 3 is 2.71 bits per heavy atom. The van der Waals surface area contributed by atoms with Gasteiger partial charge in [0.2, 0.25) is 0 Å². The highest BCUT2D eigenvalue weighted by Gasteiger charge is 2.12. The Morgan fingerprint density at radius 1 is 1.25 bits per heavy atom. The van der Waals surface area contributed by atoms with E-state index < -0.39 is 18.5 Å². The molecule has 0 atom stereocenters. The van der Waals surface area contributed by atoms with Gasteiger partial charge in [0, 0.05) is 12.7 Å². The standard InChI is InChI=1S/C16H13Cl2FN2O3/c17-12-7-11(8-21-15(12)18)16(23)24-9-14(22)20-6-5-10-3-1-2-4-13(10)19/h1-4,7-8H,5-6,9H2,(H,20,22). The summed E-state index contributed by atoms with van der Waals surface area (Å²) in [4.78, 5) is 27.1. The zero-order valence-corrected chi connectivity index (χ0v) is 13.9. The molecule has 2 aromatic rings. The molecule has 8 heteroatoms. The van der Waals surface area contributed by atoms with E-state index >= 15 is 0 Å². The molecule has 2 rings (SSSR count). The Morgan fingerprint density at radius 2 is 2.00 bits per heavy atom. The van der Waals surface area contributed by atoms with Gasteiger partial charge < -0.3 is 10.1 Å². The van der Waals surface area contributed by atoms with Crippen LogP contribution in [-0.2, 0) is 16.0 Å². The highest BCUT2D eigenvalue weighted by molar-refractivity contribution is 6.41.